The van der Waals surface area contributed by atoms with Gasteiger partial charge in [0.15, 0.2) is 0 Å². The minimum Gasteiger partial charge on any atom is -0.462 e. The van der Waals surface area contributed by atoms with Gasteiger partial charge < -0.3 is 59.3 Å². The lowest BCUT2D eigenvalue weighted by Gasteiger charge is -2.41. The molecule has 2 rings (SSSR count). The zero-order valence-electron chi connectivity index (χ0n) is 40.5. The van der Waals surface area contributed by atoms with Gasteiger partial charge in [-0.3, -0.25) is 19.2 Å². The predicted octanol–water partition coefficient (Wildman–Crippen LogP) is 2.60. The first-order valence-electron chi connectivity index (χ1n) is 23.0. The Kier molecular flexibility index (Phi) is 26.9. The van der Waals surface area contributed by atoms with Gasteiger partial charge in [0.2, 0.25) is 23.6 Å². The number of likely N-dealkylation sites (N-methyl/N-ethyl adjacent to an activating group) is 2. The third kappa shape index (κ3) is 17.9. The van der Waals surface area contributed by atoms with Crippen LogP contribution in [0.1, 0.15) is 79.7 Å². The molecule has 1 aliphatic heterocycles. The van der Waals surface area contributed by atoms with Crippen LogP contribution in [0.3, 0.4) is 0 Å². The Morgan fingerprint density at radius 3 is 1.94 bits per heavy atom. The molecule has 0 spiro atoms. The van der Waals surface area contributed by atoms with Crippen LogP contribution in [-0.2, 0) is 58.8 Å². The number of ether oxygens (including phenoxy) is 6. The van der Waals surface area contributed by atoms with E-state index in [2.05, 4.69) is 16.0 Å². The largest absolute Gasteiger partial charge is 0.462 e. The van der Waals surface area contributed by atoms with Crippen molar-refractivity contribution in [2.24, 2.45) is 23.7 Å². The average Bonchev–Trinajstić information content (AvgIpc) is 3.76. The van der Waals surface area contributed by atoms with Crippen molar-refractivity contribution in [1.82, 2.24) is 25.8 Å². The molecule has 0 aromatic heterocycles. The number of likely N-dealkylation sites (tertiary alicyclic amines) is 1. The topological polar surface area (TPSA) is 204 Å². The summed E-state index contributed by atoms with van der Waals surface area (Å²) in [6.07, 6.45) is 0.816. The molecule has 1 saturated heterocycles. The second-order valence-electron chi connectivity index (χ2n) is 17.3. The van der Waals surface area contributed by atoms with Crippen molar-refractivity contribution in [2.75, 3.05) is 87.7 Å². The smallest absolute Gasteiger partial charge is 0.329 e. The summed E-state index contributed by atoms with van der Waals surface area (Å²) in [5.74, 6) is -2.75. The Balaban J connectivity index is 2.18. The molecule has 9 atom stereocenters. The Labute approximate surface area is 382 Å². The minimum atomic E-state index is -0.998. The van der Waals surface area contributed by atoms with E-state index in [0.717, 1.165) is 5.56 Å². The van der Waals surface area contributed by atoms with Crippen LogP contribution in [-0.4, -0.2) is 175 Å². The molecule has 1 aliphatic rings. The molecular weight excluding hydrogens is 827 g/mol. The van der Waals surface area contributed by atoms with Gasteiger partial charge in [0.25, 0.3) is 0 Å². The van der Waals surface area contributed by atoms with E-state index in [-0.39, 0.29) is 81.4 Å². The van der Waals surface area contributed by atoms with Crippen molar-refractivity contribution in [3.05, 3.63) is 35.9 Å². The second kappa shape index (κ2) is 30.5. The molecule has 0 unspecified atom stereocenters. The van der Waals surface area contributed by atoms with Crippen molar-refractivity contribution in [2.45, 2.75) is 123 Å². The summed E-state index contributed by atoms with van der Waals surface area (Å²) in [4.78, 5) is 72.7. The summed E-state index contributed by atoms with van der Waals surface area (Å²) in [5.41, 5.74) is 0.832. The van der Waals surface area contributed by atoms with Crippen molar-refractivity contribution in [3.63, 3.8) is 0 Å². The maximum Gasteiger partial charge on any atom is 0.329 e. The lowest BCUT2D eigenvalue weighted by atomic mass is 9.89. The van der Waals surface area contributed by atoms with Crippen LogP contribution in [0, 0.1) is 23.7 Å². The van der Waals surface area contributed by atoms with E-state index in [4.69, 9.17) is 33.5 Å². The number of nitrogens with zero attached hydrogens (tertiary/aromatic N) is 2. The fourth-order valence-electron chi connectivity index (χ4n) is 8.30. The first kappa shape index (κ1) is 56.4. The number of carbonyl (C=O) groups excluding carboxylic acids is 5. The molecule has 1 fully saturated rings. The highest BCUT2D eigenvalue weighted by molar-refractivity contribution is 5.90. The molecule has 366 valence electrons. The lowest BCUT2D eigenvalue weighted by molar-refractivity contribution is -0.151. The van der Waals surface area contributed by atoms with Crippen molar-refractivity contribution in [3.8, 4) is 0 Å². The molecule has 0 aliphatic carbocycles. The number of benzene rings is 1. The number of carbonyl (C=O) groups is 5. The molecule has 64 heavy (non-hydrogen) atoms. The molecule has 1 aromatic rings. The van der Waals surface area contributed by atoms with Gasteiger partial charge >= 0.3 is 5.97 Å². The standard InChI is InChI=1S/C47H81N5O12/c1-12-33(6)42(51(9)46(57)41(32(4)5)50-45(56)40(48-8)31(2)3)38(59-10)30-39(54)52-20-16-19-37(52)43(60-11)34(7)44(55)49-36(29-35-17-14-13-15-18-35)47(58)64-28-27-63-26-25-62-24-23-61-22-21-53/h13-15,17-18,31-34,36-38,40-43,48,53H,12,16,19-30H2,1-11H3,(H,49,55)(H,50,56)/t33-,34+,36-,37-,38+,40-,41-,42-,43+/m0/s1. The zero-order chi connectivity index (χ0) is 47.8. The van der Waals surface area contributed by atoms with Crippen molar-refractivity contribution < 1.29 is 57.5 Å². The highest BCUT2D eigenvalue weighted by Gasteiger charge is 2.43. The maximum absolute atomic E-state index is 14.4. The van der Waals surface area contributed by atoms with Gasteiger partial charge in [0, 0.05) is 34.2 Å². The number of esters is 1. The van der Waals surface area contributed by atoms with Gasteiger partial charge in [-0.05, 0) is 43.2 Å². The molecule has 1 aromatic carbocycles. The molecule has 0 radical (unpaired) electrons. The van der Waals surface area contributed by atoms with Crippen LogP contribution >= 0.6 is 0 Å². The van der Waals surface area contributed by atoms with E-state index in [0.29, 0.717) is 45.6 Å². The number of aliphatic hydroxyl groups excluding tert-OH is 1. The summed E-state index contributed by atoms with van der Waals surface area (Å²) in [6, 6.07) is 6.13. The molecule has 0 saturated carbocycles. The molecule has 17 heteroatoms. The third-order valence-electron chi connectivity index (χ3n) is 12.1. The normalized spacial score (nSPS) is 17.8. The number of methoxy groups -OCH3 is 2. The summed E-state index contributed by atoms with van der Waals surface area (Å²) in [7, 11) is 6.49. The Morgan fingerprint density at radius 1 is 0.812 bits per heavy atom. The Hall–Kier alpha value is -3.71. The number of nitrogens with one attached hydrogen (secondary N) is 3. The van der Waals surface area contributed by atoms with Gasteiger partial charge in [-0.1, -0.05) is 85.2 Å². The molecule has 4 amide bonds. The van der Waals surface area contributed by atoms with Gasteiger partial charge in [-0.25, -0.2) is 4.79 Å². The van der Waals surface area contributed by atoms with E-state index < -0.39 is 60.2 Å². The SMILES string of the molecule is CC[C@H](C)[C@@H]([C@@H](CC(=O)N1CCC[C@H]1[C@H](OC)[C@@H](C)C(=O)N[C@@H](Cc1ccccc1)C(=O)OCCOCCOCCOCCO)OC)N(C)C(=O)[C@@H](NC(=O)[C@@H](NC)C(C)C)C(C)C. The zero-order valence-corrected chi connectivity index (χ0v) is 40.5. The number of rotatable bonds is 32. The minimum absolute atomic E-state index is 0.0112. The highest BCUT2D eigenvalue weighted by atomic mass is 16.6. The number of hydrogen-bond acceptors (Lipinski definition) is 13. The summed E-state index contributed by atoms with van der Waals surface area (Å²) in [5, 5.41) is 17.7. The average molecular weight is 908 g/mol. The molecule has 1 heterocycles. The van der Waals surface area contributed by atoms with E-state index >= 15 is 0 Å². The lowest BCUT2D eigenvalue weighted by Crippen LogP contribution is -2.59. The second-order valence-corrected chi connectivity index (χ2v) is 17.3. The van der Waals surface area contributed by atoms with E-state index in [1.165, 1.54) is 7.11 Å². The van der Waals surface area contributed by atoms with Gasteiger partial charge in [-0.2, -0.15) is 0 Å². The summed E-state index contributed by atoms with van der Waals surface area (Å²) >= 11 is 0. The van der Waals surface area contributed by atoms with E-state index in [1.807, 2.05) is 71.9 Å². The van der Waals surface area contributed by atoms with Crippen molar-refractivity contribution in [1.29, 1.82) is 0 Å². The monoisotopic (exact) mass is 908 g/mol. The first-order valence-corrected chi connectivity index (χ1v) is 23.0. The highest BCUT2D eigenvalue weighted by Crippen LogP contribution is 2.30. The van der Waals surface area contributed by atoms with Crippen LogP contribution < -0.4 is 16.0 Å². The van der Waals surface area contributed by atoms with Gasteiger partial charge in [0.1, 0.15) is 18.7 Å². The van der Waals surface area contributed by atoms with Crippen LogP contribution in [0.2, 0.25) is 0 Å². The number of amides is 4. The predicted molar refractivity (Wildman–Crippen MR) is 243 cm³/mol. The van der Waals surface area contributed by atoms with Crippen LogP contribution in [0.25, 0.3) is 0 Å². The Bertz CT molecular complexity index is 1520. The van der Waals surface area contributed by atoms with Crippen LogP contribution in [0.15, 0.2) is 30.3 Å². The van der Waals surface area contributed by atoms with Gasteiger partial charge in [-0.15, -0.1) is 0 Å². The summed E-state index contributed by atoms with van der Waals surface area (Å²) in [6.45, 7) is 15.6. The third-order valence-corrected chi connectivity index (χ3v) is 12.1. The molecule has 17 nitrogen and oxygen atoms in total. The van der Waals surface area contributed by atoms with Gasteiger partial charge in [0.05, 0.1) is 88.9 Å². The Morgan fingerprint density at radius 2 is 1.41 bits per heavy atom. The quantitative estimate of drug-likeness (QED) is 0.0608. The van der Waals surface area contributed by atoms with Crippen LogP contribution in [0.5, 0.6) is 0 Å². The molecule has 0 bridgehead atoms. The van der Waals surface area contributed by atoms with Crippen LogP contribution in [0.4, 0.5) is 0 Å². The first-order chi connectivity index (χ1) is 30.6. The summed E-state index contributed by atoms with van der Waals surface area (Å²) < 4.78 is 33.7. The molecular formula is C47H81N5O12. The van der Waals surface area contributed by atoms with E-state index in [1.54, 1.807) is 37.9 Å². The van der Waals surface area contributed by atoms with E-state index in [9.17, 15) is 24.0 Å². The fourth-order valence-corrected chi connectivity index (χ4v) is 8.30. The fraction of sp³-hybridized carbons (Fsp3) is 0.766. The van der Waals surface area contributed by atoms with Crippen molar-refractivity contribution >= 4 is 29.6 Å². The molecule has 4 N–H and O–H groups in total. The maximum atomic E-state index is 14.4. The number of hydrogen-bond donors (Lipinski definition) is 4. The number of aliphatic hydroxyl groups is 1.